The molecule has 1 aromatic heterocycles. The Bertz CT molecular complexity index is 628. The van der Waals surface area contributed by atoms with E-state index in [0.29, 0.717) is 23.9 Å². The monoisotopic (exact) mass is 285 g/mol. The molecule has 2 heteroatoms. The van der Waals surface area contributed by atoms with E-state index in [2.05, 4.69) is 69.6 Å². The van der Waals surface area contributed by atoms with Gasteiger partial charge >= 0.3 is 0 Å². The molecule has 1 aromatic carbocycles. The van der Waals surface area contributed by atoms with Crippen LogP contribution in [0.15, 0.2) is 30.5 Å². The molecule has 2 nitrogen and oxygen atoms in total. The van der Waals surface area contributed by atoms with E-state index in [9.17, 15) is 0 Å². The van der Waals surface area contributed by atoms with Crippen LogP contribution in [-0.4, -0.2) is 10.7 Å². The van der Waals surface area contributed by atoms with Crippen molar-refractivity contribution in [3.05, 3.63) is 36.0 Å². The number of ether oxygens (including phenoxy) is 1. The average Bonchev–Trinajstić information content (AvgIpc) is 2.83. The zero-order valence-electron chi connectivity index (χ0n) is 13.8. The zero-order chi connectivity index (χ0) is 15.1. The first-order valence-corrected chi connectivity index (χ1v) is 8.26. The Hall–Kier alpha value is -1.28. The van der Waals surface area contributed by atoms with Crippen LogP contribution in [0.5, 0.6) is 0 Å². The van der Waals surface area contributed by atoms with Crippen LogP contribution in [0.2, 0.25) is 0 Å². The van der Waals surface area contributed by atoms with Gasteiger partial charge in [-0.2, -0.15) is 0 Å². The van der Waals surface area contributed by atoms with Gasteiger partial charge in [0.25, 0.3) is 0 Å². The third kappa shape index (κ3) is 2.30. The Labute approximate surface area is 128 Å². The van der Waals surface area contributed by atoms with Crippen molar-refractivity contribution in [2.24, 2.45) is 17.8 Å². The summed E-state index contributed by atoms with van der Waals surface area (Å²) in [6, 6.07) is 8.65. The number of rotatable bonds is 2. The molecule has 0 amide bonds. The first-order valence-electron chi connectivity index (χ1n) is 8.26. The fourth-order valence-electron chi connectivity index (χ4n) is 3.88. The van der Waals surface area contributed by atoms with Gasteiger partial charge in [0.1, 0.15) is 6.23 Å². The standard InChI is InChI=1S/C19H27NO/c1-6-18-14(4)13(3)15(5)19(21-18)20-11-12(2)16-9-7-8-10-17(16)20/h7-11,13-15,18-19H,6H2,1-5H3/t13-,14?,15+,18+,19+/m0/s1. The summed E-state index contributed by atoms with van der Waals surface area (Å²) < 4.78 is 8.86. The molecular weight excluding hydrogens is 258 g/mol. The van der Waals surface area contributed by atoms with Crippen molar-refractivity contribution >= 4 is 10.9 Å². The molecule has 3 rings (SSSR count). The van der Waals surface area contributed by atoms with Crippen molar-refractivity contribution < 1.29 is 4.74 Å². The minimum Gasteiger partial charge on any atom is -0.354 e. The van der Waals surface area contributed by atoms with E-state index in [0.717, 1.165) is 6.42 Å². The molecule has 1 saturated heterocycles. The predicted molar refractivity (Wildman–Crippen MR) is 88.4 cm³/mol. The highest BCUT2D eigenvalue weighted by Gasteiger charge is 2.39. The van der Waals surface area contributed by atoms with Gasteiger partial charge < -0.3 is 9.30 Å². The third-order valence-corrected chi connectivity index (χ3v) is 5.63. The molecule has 1 unspecified atom stereocenters. The fraction of sp³-hybridized carbons (Fsp3) is 0.579. The number of aryl methyl sites for hydroxylation is 1. The molecule has 0 N–H and O–H groups in total. The summed E-state index contributed by atoms with van der Waals surface area (Å²) >= 11 is 0. The highest BCUT2D eigenvalue weighted by atomic mass is 16.5. The van der Waals surface area contributed by atoms with Crippen LogP contribution in [0.25, 0.3) is 10.9 Å². The van der Waals surface area contributed by atoms with Gasteiger partial charge in [0.05, 0.1) is 11.6 Å². The molecule has 0 saturated carbocycles. The Morgan fingerprint density at radius 3 is 2.48 bits per heavy atom. The number of nitrogens with zero attached hydrogens (tertiary/aromatic N) is 1. The van der Waals surface area contributed by atoms with Crippen molar-refractivity contribution in [3.8, 4) is 0 Å². The largest absolute Gasteiger partial charge is 0.354 e. The van der Waals surface area contributed by atoms with Crippen molar-refractivity contribution in [2.45, 2.75) is 53.4 Å². The molecule has 2 aromatic rings. The summed E-state index contributed by atoms with van der Waals surface area (Å²) in [6.45, 7) is 11.5. The maximum atomic E-state index is 6.50. The molecule has 21 heavy (non-hydrogen) atoms. The van der Waals surface area contributed by atoms with Crippen molar-refractivity contribution in [3.63, 3.8) is 0 Å². The molecule has 5 atom stereocenters. The Kier molecular flexibility index (Phi) is 3.83. The van der Waals surface area contributed by atoms with Gasteiger partial charge in [-0.15, -0.1) is 0 Å². The van der Waals surface area contributed by atoms with Gasteiger partial charge in [0, 0.05) is 17.5 Å². The van der Waals surface area contributed by atoms with E-state index in [1.165, 1.54) is 16.5 Å². The first-order chi connectivity index (χ1) is 10.0. The molecule has 114 valence electrons. The molecule has 2 heterocycles. The number of para-hydroxylation sites is 1. The lowest BCUT2D eigenvalue weighted by Crippen LogP contribution is -2.42. The highest BCUT2D eigenvalue weighted by Crippen LogP contribution is 2.42. The molecule has 0 spiro atoms. The van der Waals surface area contributed by atoms with Crippen LogP contribution in [0.4, 0.5) is 0 Å². The second-order valence-corrected chi connectivity index (χ2v) is 6.79. The summed E-state index contributed by atoms with van der Waals surface area (Å²) in [7, 11) is 0. The summed E-state index contributed by atoms with van der Waals surface area (Å²) in [6.07, 6.45) is 3.87. The van der Waals surface area contributed by atoms with Gasteiger partial charge in [-0.3, -0.25) is 0 Å². The summed E-state index contributed by atoms with van der Waals surface area (Å²) in [5, 5.41) is 1.34. The Balaban J connectivity index is 2.05. The van der Waals surface area contributed by atoms with Gasteiger partial charge in [-0.05, 0) is 36.8 Å². The maximum Gasteiger partial charge on any atom is 0.137 e. The van der Waals surface area contributed by atoms with E-state index in [-0.39, 0.29) is 6.23 Å². The van der Waals surface area contributed by atoms with E-state index in [4.69, 9.17) is 4.74 Å². The van der Waals surface area contributed by atoms with Crippen molar-refractivity contribution in [2.75, 3.05) is 0 Å². The van der Waals surface area contributed by atoms with Crippen molar-refractivity contribution in [1.29, 1.82) is 0 Å². The predicted octanol–water partition coefficient (Wildman–Crippen LogP) is 5.17. The van der Waals surface area contributed by atoms with E-state index < -0.39 is 0 Å². The normalized spacial score (nSPS) is 33.5. The van der Waals surface area contributed by atoms with Gasteiger partial charge in [0.15, 0.2) is 0 Å². The second-order valence-electron chi connectivity index (χ2n) is 6.79. The van der Waals surface area contributed by atoms with Crippen LogP contribution < -0.4 is 0 Å². The zero-order valence-corrected chi connectivity index (χ0v) is 13.8. The molecule has 0 bridgehead atoms. The van der Waals surface area contributed by atoms with Crippen LogP contribution in [0.1, 0.15) is 45.9 Å². The lowest BCUT2D eigenvalue weighted by Gasteiger charge is -2.44. The first kappa shape index (κ1) is 14.6. The second kappa shape index (κ2) is 5.49. The van der Waals surface area contributed by atoms with E-state index >= 15 is 0 Å². The topological polar surface area (TPSA) is 14.2 Å². The molecule has 1 fully saturated rings. The molecule has 0 aliphatic carbocycles. The fourth-order valence-corrected chi connectivity index (χ4v) is 3.88. The van der Waals surface area contributed by atoms with Crippen LogP contribution in [0.3, 0.4) is 0 Å². The van der Waals surface area contributed by atoms with Crippen LogP contribution in [0, 0.1) is 24.7 Å². The molecule has 1 aliphatic heterocycles. The number of hydrogen-bond acceptors (Lipinski definition) is 1. The Morgan fingerprint density at radius 1 is 1.05 bits per heavy atom. The minimum atomic E-state index is 0.153. The summed E-state index contributed by atoms with van der Waals surface area (Å²) in [4.78, 5) is 0. The van der Waals surface area contributed by atoms with Gasteiger partial charge in [0.2, 0.25) is 0 Å². The number of hydrogen-bond donors (Lipinski definition) is 0. The lowest BCUT2D eigenvalue weighted by atomic mass is 9.77. The molecule has 0 radical (unpaired) electrons. The molecule has 1 aliphatic rings. The summed E-state index contributed by atoms with van der Waals surface area (Å²) in [5.74, 6) is 1.83. The van der Waals surface area contributed by atoms with Crippen LogP contribution >= 0.6 is 0 Å². The lowest BCUT2D eigenvalue weighted by molar-refractivity contribution is -0.166. The van der Waals surface area contributed by atoms with E-state index in [1.54, 1.807) is 0 Å². The number of fused-ring (bicyclic) bond motifs is 1. The third-order valence-electron chi connectivity index (χ3n) is 5.63. The van der Waals surface area contributed by atoms with Crippen LogP contribution in [-0.2, 0) is 4.74 Å². The Morgan fingerprint density at radius 2 is 1.76 bits per heavy atom. The quantitative estimate of drug-likeness (QED) is 0.743. The summed E-state index contributed by atoms with van der Waals surface area (Å²) in [5.41, 5.74) is 2.63. The number of benzene rings is 1. The maximum absolute atomic E-state index is 6.50. The minimum absolute atomic E-state index is 0.153. The highest BCUT2D eigenvalue weighted by molar-refractivity contribution is 5.83. The van der Waals surface area contributed by atoms with E-state index in [1.807, 2.05) is 0 Å². The SMILES string of the molecule is CC[C@H]1O[C@@H](n2cc(C)c3ccccc32)[C@H](C)[C@@H](C)C1C. The number of aromatic nitrogens is 1. The van der Waals surface area contributed by atoms with Gasteiger partial charge in [-0.1, -0.05) is 45.9 Å². The van der Waals surface area contributed by atoms with Crippen molar-refractivity contribution in [1.82, 2.24) is 4.57 Å². The smallest absolute Gasteiger partial charge is 0.137 e. The average molecular weight is 285 g/mol. The molecular formula is C19H27NO. The van der Waals surface area contributed by atoms with Gasteiger partial charge in [-0.25, -0.2) is 0 Å².